The van der Waals surface area contributed by atoms with Crippen LogP contribution in [0.5, 0.6) is 0 Å². The van der Waals surface area contributed by atoms with E-state index in [1.807, 2.05) is 0 Å². The van der Waals surface area contributed by atoms with E-state index in [1.54, 1.807) is 0 Å². The van der Waals surface area contributed by atoms with Crippen molar-refractivity contribution in [2.24, 2.45) is 17.6 Å². The molecule has 1 saturated heterocycles. The average Bonchev–Trinajstić information content (AvgIpc) is 3.08. The fraction of sp³-hybridized carbons (Fsp3) is 0.947. The first-order chi connectivity index (χ1) is 11.2. The average molecular weight is 325 g/mol. The maximum Gasteiger partial charge on any atom is 0.225 e. The number of hydrogen-bond donors (Lipinski definition) is 1. The van der Waals surface area contributed by atoms with Gasteiger partial charge < -0.3 is 15.4 Å². The third-order valence-electron chi connectivity index (χ3n) is 5.53. The molecule has 0 spiro atoms. The third kappa shape index (κ3) is 6.07. The van der Waals surface area contributed by atoms with Crippen molar-refractivity contribution < 1.29 is 9.53 Å². The van der Waals surface area contributed by atoms with Gasteiger partial charge in [-0.15, -0.1) is 0 Å². The van der Waals surface area contributed by atoms with E-state index in [0.717, 1.165) is 64.1 Å². The summed E-state index contributed by atoms with van der Waals surface area (Å²) in [6.45, 7) is 5.40. The quantitative estimate of drug-likeness (QED) is 0.662. The molecule has 0 aromatic rings. The smallest absolute Gasteiger partial charge is 0.225 e. The first kappa shape index (κ1) is 18.7. The summed E-state index contributed by atoms with van der Waals surface area (Å²) >= 11 is 0. The molecule has 0 radical (unpaired) electrons. The van der Waals surface area contributed by atoms with Crippen LogP contribution in [0.25, 0.3) is 0 Å². The Balaban J connectivity index is 1.76. The van der Waals surface area contributed by atoms with Crippen LogP contribution in [0, 0.1) is 11.8 Å². The number of carbonyl (C=O) groups excluding carboxylic acids is 1. The van der Waals surface area contributed by atoms with Crippen molar-refractivity contribution in [3.05, 3.63) is 0 Å². The molecule has 2 aliphatic rings. The van der Waals surface area contributed by atoms with E-state index in [-0.39, 0.29) is 5.92 Å². The Labute approximate surface area is 142 Å². The fourth-order valence-corrected chi connectivity index (χ4v) is 4.17. The second-order valence-corrected chi connectivity index (χ2v) is 7.41. The number of ether oxygens (including phenoxy) is 1. The van der Waals surface area contributed by atoms with Crippen LogP contribution in [0.15, 0.2) is 0 Å². The standard InChI is InChI=1S/C19H36N2O2/c1-2-6-17(15-16-7-3-4-8-16)19(22)21-12-9-18(10-13-21)23-14-5-11-20/h16-18H,2-15,20H2,1H3. The van der Waals surface area contributed by atoms with Gasteiger partial charge in [0.15, 0.2) is 0 Å². The number of piperidine rings is 1. The largest absolute Gasteiger partial charge is 0.378 e. The Morgan fingerprint density at radius 3 is 2.52 bits per heavy atom. The lowest BCUT2D eigenvalue weighted by atomic mass is 9.88. The van der Waals surface area contributed by atoms with Crippen LogP contribution in [0.3, 0.4) is 0 Å². The number of amides is 1. The molecular weight excluding hydrogens is 288 g/mol. The molecule has 4 heteroatoms. The van der Waals surface area contributed by atoms with Crippen molar-refractivity contribution in [2.75, 3.05) is 26.2 Å². The Morgan fingerprint density at radius 1 is 1.22 bits per heavy atom. The van der Waals surface area contributed by atoms with Gasteiger partial charge in [0, 0.05) is 25.6 Å². The van der Waals surface area contributed by atoms with Gasteiger partial charge in [-0.3, -0.25) is 4.79 Å². The van der Waals surface area contributed by atoms with E-state index in [1.165, 1.54) is 25.7 Å². The van der Waals surface area contributed by atoms with Crippen LogP contribution in [0.2, 0.25) is 0 Å². The van der Waals surface area contributed by atoms with E-state index in [9.17, 15) is 4.79 Å². The highest BCUT2D eigenvalue weighted by molar-refractivity contribution is 5.79. The molecule has 1 unspecified atom stereocenters. The zero-order valence-corrected chi connectivity index (χ0v) is 15.0. The van der Waals surface area contributed by atoms with E-state index in [2.05, 4.69) is 11.8 Å². The van der Waals surface area contributed by atoms with E-state index in [0.29, 0.717) is 18.6 Å². The molecule has 0 aromatic heterocycles. The number of nitrogens with two attached hydrogens (primary N) is 1. The number of rotatable bonds is 9. The highest BCUT2D eigenvalue weighted by Crippen LogP contribution is 2.33. The number of hydrogen-bond acceptors (Lipinski definition) is 3. The van der Waals surface area contributed by atoms with Crippen LogP contribution in [0.1, 0.15) is 71.1 Å². The van der Waals surface area contributed by atoms with Gasteiger partial charge in [-0.1, -0.05) is 39.0 Å². The maximum absolute atomic E-state index is 12.9. The summed E-state index contributed by atoms with van der Waals surface area (Å²) in [4.78, 5) is 15.0. The van der Waals surface area contributed by atoms with Gasteiger partial charge in [0.1, 0.15) is 0 Å². The second kappa shape index (κ2) is 10.3. The lowest BCUT2D eigenvalue weighted by Crippen LogP contribution is -2.44. The van der Waals surface area contributed by atoms with Crippen LogP contribution >= 0.6 is 0 Å². The Kier molecular flexibility index (Phi) is 8.38. The Morgan fingerprint density at radius 2 is 1.91 bits per heavy atom. The molecule has 23 heavy (non-hydrogen) atoms. The molecule has 1 aliphatic heterocycles. The summed E-state index contributed by atoms with van der Waals surface area (Å²) in [5.41, 5.74) is 5.50. The van der Waals surface area contributed by atoms with Gasteiger partial charge >= 0.3 is 0 Å². The van der Waals surface area contributed by atoms with Crippen molar-refractivity contribution >= 4 is 5.91 Å². The topological polar surface area (TPSA) is 55.6 Å². The third-order valence-corrected chi connectivity index (χ3v) is 5.53. The van der Waals surface area contributed by atoms with Crippen molar-refractivity contribution in [1.82, 2.24) is 4.90 Å². The molecular formula is C19H36N2O2. The van der Waals surface area contributed by atoms with Gasteiger partial charge in [0.2, 0.25) is 5.91 Å². The minimum Gasteiger partial charge on any atom is -0.378 e. The van der Waals surface area contributed by atoms with Crippen molar-refractivity contribution in [3.8, 4) is 0 Å². The van der Waals surface area contributed by atoms with Crippen LogP contribution in [-0.2, 0) is 9.53 Å². The molecule has 4 nitrogen and oxygen atoms in total. The predicted octanol–water partition coefficient (Wildman–Crippen LogP) is 3.34. The first-order valence-electron chi connectivity index (χ1n) is 9.85. The van der Waals surface area contributed by atoms with E-state index < -0.39 is 0 Å². The maximum atomic E-state index is 12.9. The molecule has 134 valence electrons. The molecule has 1 amide bonds. The van der Waals surface area contributed by atoms with Gasteiger partial charge in [-0.05, 0) is 44.6 Å². The zero-order valence-electron chi connectivity index (χ0n) is 15.0. The molecule has 2 fully saturated rings. The molecule has 2 N–H and O–H groups in total. The highest BCUT2D eigenvalue weighted by Gasteiger charge is 2.30. The SMILES string of the molecule is CCCC(CC1CCCC1)C(=O)N1CCC(OCCCN)CC1. The van der Waals surface area contributed by atoms with Crippen LogP contribution < -0.4 is 5.73 Å². The minimum atomic E-state index is 0.262. The van der Waals surface area contributed by atoms with E-state index in [4.69, 9.17) is 10.5 Å². The number of likely N-dealkylation sites (tertiary alicyclic amines) is 1. The molecule has 1 aliphatic carbocycles. The summed E-state index contributed by atoms with van der Waals surface area (Å²) in [5, 5.41) is 0. The van der Waals surface area contributed by atoms with Crippen molar-refractivity contribution in [3.63, 3.8) is 0 Å². The van der Waals surface area contributed by atoms with Gasteiger partial charge in [-0.2, -0.15) is 0 Å². The van der Waals surface area contributed by atoms with E-state index >= 15 is 0 Å². The fourth-order valence-electron chi connectivity index (χ4n) is 4.17. The second-order valence-electron chi connectivity index (χ2n) is 7.41. The molecule has 1 heterocycles. The first-order valence-corrected chi connectivity index (χ1v) is 9.85. The minimum absolute atomic E-state index is 0.262. The van der Waals surface area contributed by atoms with Gasteiger partial charge in [0.25, 0.3) is 0 Å². The van der Waals surface area contributed by atoms with Crippen LogP contribution in [-0.4, -0.2) is 43.2 Å². The van der Waals surface area contributed by atoms with Crippen LogP contribution in [0.4, 0.5) is 0 Å². The van der Waals surface area contributed by atoms with Crippen molar-refractivity contribution in [1.29, 1.82) is 0 Å². The Hall–Kier alpha value is -0.610. The predicted molar refractivity (Wildman–Crippen MR) is 94.2 cm³/mol. The lowest BCUT2D eigenvalue weighted by Gasteiger charge is -2.34. The molecule has 0 aromatic carbocycles. The summed E-state index contributed by atoms with van der Waals surface area (Å²) in [7, 11) is 0. The van der Waals surface area contributed by atoms with Gasteiger partial charge in [0.05, 0.1) is 6.10 Å². The van der Waals surface area contributed by atoms with Crippen molar-refractivity contribution in [2.45, 2.75) is 77.2 Å². The normalized spacial score (nSPS) is 21.7. The molecule has 1 saturated carbocycles. The number of carbonyl (C=O) groups is 1. The zero-order chi connectivity index (χ0) is 16.5. The lowest BCUT2D eigenvalue weighted by molar-refractivity contribution is -0.139. The summed E-state index contributed by atoms with van der Waals surface area (Å²) in [5.74, 6) is 1.48. The van der Waals surface area contributed by atoms with Gasteiger partial charge in [-0.25, -0.2) is 0 Å². The Bertz CT molecular complexity index is 334. The summed E-state index contributed by atoms with van der Waals surface area (Å²) in [6, 6.07) is 0. The molecule has 2 rings (SSSR count). The molecule has 1 atom stereocenters. The summed E-state index contributed by atoms with van der Waals surface area (Å²) in [6.07, 6.45) is 11.9. The summed E-state index contributed by atoms with van der Waals surface area (Å²) < 4.78 is 5.85. The highest BCUT2D eigenvalue weighted by atomic mass is 16.5. The molecule has 0 bridgehead atoms. The monoisotopic (exact) mass is 324 g/mol. The number of nitrogens with zero attached hydrogens (tertiary/aromatic N) is 1.